The number of guanidine groups is 1. The highest BCUT2D eigenvalue weighted by Crippen LogP contribution is 2.03. The molecule has 1 rings (SSSR count). The molecule has 0 aromatic heterocycles. The van der Waals surface area contributed by atoms with Crippen molar-refractivity contribution in [1.29, 1.82) is 0 Å². The molecule has 0 heterocycles. The van der Waals surface area contributed by atoms with Crippen LogP contribution in [0.1, 0.15) is 19.4 Å². The largest absolute Gasteiger partial charge is 0.391 e. The van der Waals surface area contributed by atoms with Crippen molar-refractivity contribution in [3.63, 3.8) is 0 Å². The lowest BCUT2D eigenvalue weighted by atomic mass is 10.1. The van der Waals surface area contributed by atoms with Crippen LogP contribution >= 0.6 is 0 Å². The summed E-state index contributed by atoms with van der Waals surface area (Å²) in [5.41, 5.74) is 1.12. The zero-order valence-corrected chi connectivity index (χ0v) is 13.0. The molecule has 3 N–H and O–H groups in total. The summed E-state index contributed by atoms with van der Waals surface area (Å²) < 4.78 is 5.27. The van der Waals surface area contributed by atoms with Gasteiger partial charge in [-0.2, -0.15) is 0 Å². The van der Waals surface area contributed by atoms with Gasteiger partial charge in [-0.3, -0.25) is 4.99 Å². The number of aliphatic hydroxyl groups is 1. The maximum atomic E-state index is 10.0. The molecule has 1 atom stereocenters. The molecule has 1 aromatic rings. The lowest BCUT2D eigenvalue weighted by Crippen LogP contribution is -2.39. The van der Waals surface area contributed by atoms with Gasteiger partial charge in [0.15, 0.2) is 5.96 Å². The Balaban J connectivity index is 2.37. The van der Waals surface area contributed by atoms with Crippen LogP contribution in [0, 0.1) is 0 Å². The lowest BCUT2D eigenvalue weighted by molar-refractivity contribution is 0.152. The summed E-state index contributed by atoms with van der Waals surface area (Å²) in [4.78, 5) is 4.40. The van der Waals surface area contributed by atoms with Crippen LogP contribution in [0.15, 0.2) is 35.3 Å². The summed E-state index contributed by atoms with van der Waals surface area (Å²) in [6, 6.07) is 9.95. The maximum absolute atomic E-state index is 10.0. The van der Waals surface area contributed by atoms with E-state index in [1.807, 2.05) is 44.2 Å². The number of aliphatic imine (C=N–C) groups is 1. The van der Waals surface area contributed by atoms with Crippen LogP contribution in [0.25, 0.3) is 0 Å². The number of benzene rings is 1. The molecule has 5 nitrogen and oxygen atoms in total. The van der Waals surface area contributed by atoms with E-state index in [4.69, 9.17) is 4.74 Å². The average Bonchev–Trinajstić information content (AvgIpc) is 2.50. The van der Waals surface area contributed by atoms with Crippen LogP contribution in [-0.4, -0.2) is 50.0 Å². The number of aliphatic hydroxyl groups excluding tert-OH is 1. The molecule has 0 fully saturated rings. The molecule has 0 saturated heterocycles. The summed E-state index contributed by atoms with van der Waals surface area (Å²) in [5, 5.41) is 16.4. The lowest BCUT2D eigenvalue weighted by Gasteiger charge is -2.13. The predicted octanol–water partition coefficient (Wildman–Crippen LogP) is 1.18. The van der Waals surface area contributed by atoms with E-state index in [-0.39, 0.29) is 0 Å². The van der Waals surface area contributed by atoms with Gasteiger partial charge in [-0.25, -0.2) is 0 Å². The fourth-order valence-corrected chi connectivity index (χ4v) is 1.88. The first-order chi connectivity index (χ1) is 10.3. The zero-order chi connectivity index (χ0) is 15.3. The Morgan fingerprint density at radius 3 is 2.67 bits per heavy atom. The van der Waals surface area contributed by atoms with E-state index in [0.717, 1.165) is 12.1 Å². The average molecular weight is 293 g/mol. The maximum Gasteiger partial charge on any atom is 0.191 e. The van der Waals surface area contributed by atoms with Crippen LogP contribution in [0.2, 0.25) is 0 Å². The van der Waals surface area contributed by atoms with E-state index in [1.165, 1.54) is 0 Å². The van der Waals surface area contributed by atoms with Crippen molar-refractivity contribution >= 4 is 5.96 Å². The third-order valence-electron chi connectivity index (χ3n) is 2.86. The Morgan fingerprint density at radius 1 is 1.24 bits per heavy atom. The van der Waals surface area contributed by atoms with Crippen LogP contribution in [0.3, 0.4) is 0 Å². The minimum absolute atomic E-state index is 0.374. The van der Waals surface area contributed by atoms with Crippen molar-refractivity contribution < 1.29 is 9.84 Å². The molecule has 0 spiro atoms. The molecular formula is C16H27N3O2. The van der Waals surface area contributed by atoms with Gasteiger partial charge in [-0.15, -0.1) is 0 Å². The Kier molecular flexibility index (Phi) is 9.24. The highest BCUT2D eigenvalue weighted by molar-refractivity contribution is 5.79. The Labute approximate surface area is 127 Å². The Hall–Kier alpha value is -1.59. The highest BCUT2D eigenvalue weighted by Gasteiger charge is 2.05. The second kappa shape index (κ2) is 11.1. The van der Waals surface area contributed by atoms with E-state index >= 15 is 0 Å². The van der Waals surface area contributed by atoms with Gasteiger partial charge >= 0.3 is 0 Å². The van der Waals surface area contributed by atoms with E-state index < -0.39 is 6.10 Å². The van der Waals surface area contributed by atoms with Crippen molar-refractivity contribution in [2.24, 2.45) is 4.99 Å². The normalized spacial score (nSPS) is 13.0. The van der Waals surface area contributed by atoms with E-state index in [1.54, 1.807) is 0 Å². The van der Waals surface area contributed by atoms with Crippen LogP contribution in [0.4, 0.5) is 0 Å². The molecule has 118 valence electrons. The number of nitrogens with zero attached hydrogens (tertiary/aromatic N) is 1. The van der Waals surface area contributed by atoms with E-state index in [0.29, 0.717) is 38.7 Å². The zero-order valence-electron chi connectivity index (χ0n) is 13.0. The number of hydrogen-bond acceptors (Lipinski definition) is 3. The molecule has 0 radical (unpaired) electrons. The van der Waals surface area contributed by atoms with Gasteiger partial charge in [0.05, 0.1) is 19.3 Å². The molecule has 0 aliphatic carbocycles. The molecule has 0 aliphatic heterocycles. The van der Waals surface area contributed by atoms with Crippen molar-refractivity contribution in [1.82, 2.24) is 10.6 Å². The fraction of sp³-hybridized carbons (Fsp3) is 0.562. The number of rotatable bonds is 9. The second-order valence-corrected chi connectivity index (χ2v) is 4.69. The highest BCUT2D eigenvalue weighted by atomic mass is 16.5. The smallest absolute Gasteiger partial charge is 0.191 e. The molecule has 0 bridgehead atoms. The van der Waals surface area contributed by atoms with Gasteiger partial charge in [0.2, 0.25) is 0 Å². The van der Waals surface area contributed by atoms with Crippen LogP contribution < -0.4 is 10.6 Å². The second-order valence-electron chi connectivity index (χ2n) is 4.69. The topological polar surface area (TPSA) is 65.9 Å². The van der Waals surface area contributed by atoms with Gasteiger partial charge in [-0.1, -0.05) is 30.3 Å². The monoisotopic (exact) mass is 293 g/mol. The molecule has 0 amide bonds. The Morgan fingerprint density at radius 2 is 2.00 bits per heavy atom. The van der Waals surface area contributed by atoms with Crippen molar-refractivity contribution in [2.75, 3.05) is 32.8 Å². The molecule has 0 aliphatic rings. The van der Waals surface area contributed by atoms with E-state index in [9.17, 15) is 5.11 Å². The minimum Gasteiger partial charge on any atom is -0.391 e. The van der Waals surface area contributed by atoms with Gasteiger partial charge in [-0.05, 0) is 19.4 Å². The molecule has 21 heavy (non-hydrogen) atoms. The third kappa shape index (κ3) is 8.32. The van der Waals surface area contributed by atoms with Crippen LogP contribution in [0.5, 0.6) is 0 Å². The number of nitrogens with one attached hydrogen (secondary N) is 2. The molecule has 1 aromatic carbocycles. The van der Waals surface area contributed by atoms with Gasteiger partial charge in [0.25, 0.3) is 0 Å². The van der Waals surface area contributed by atoms with Gasteiger partial charge in [0.1, 0.15) is 0 Å². The number of ether oxygens (including phenoxy) is 1. The van der Waals surface area contributed by atoms with Crippen molar-refractivity contribution in [3.05, 3.63) is 35.9 Å². The summed E-state index contributed by atoms with van der Waals surface area (Å²) in [5.74, 6) is 0.712. The first-order valence-corrected chi connectivity index (χ1v) is 7.58. The fourth-order valence-electron chi connectivity index (χ4n) is 1.88. The quantitative estimate of drug-likeness (QED) is 0.363. The first-order valence-electron chi connectivity index (χ1n) is 7.58. The number of hydrogen-bond donors (Lipinski definition) is 3. The van der Waals surface area contributed by atoms with Crippen molar-refractivity contribution in [3.8, 4) is 0 Å². The van der Waals surface area contributed by atoms with Gasteiger partial charge < -0.3 is 20.5 Å². The summed E-state index contributed by atoms with van der Waals surface area (Å²) >= 11 is 0. The SMILES string of the molecule is CCNC(=NCC(O)Cc1ccccc1)NCCOCC. The third-order valence-corrected chi connectivity index (χ3v) is 2.86. The minimum atomic E-state index is -0.477. The summed E-state index contributed by atoms with van der Waals surface area (Å²) in [6.07, 6.45) is 0.137. The van der Waals surface area contributed by atoms with E-state index in [2.05, 4.69) is 15.6 Å². The molecular weight excluding hydrogens is 266 g/mol. The van der Waals surface area contributed by atoms with Crippen LogP contribution in [-0.2, 0) is 11.2 Å². The predicted molar refractivity (Wildman–Crippen MR) is 86.6 cm³/mol. The standard InChI is InChI=1S/C16H27N3O2/c1-3-17-16(18-10-11-21-4-2)19-13-15(20)12-14-8-6-5-7-9-14/h5-9,15,20H,3-4,10-13H2,1-2H3,(H2,17,18,19). The Bertz CT molecular complexity index is 396. The summed E-state index contributed by atoms with van der Waals surface area (Å²) in [6.45, 7) is 7.21. The molecule has 5 heteroatoms. The summed E-state index contributed by atoms with van der Waals surface area (Å²) in [7, 11) is 0. The molecule has 1 unspecified atom stereocenters. The first kappa shape index (κ1) is 17.5. The molecule has 0 saturated carbocycles. The van der Waals surface area contributed by atoms with Gasteiger partial charge in [0, 0.05) is 26.1 Å². The van der Waals surface area contributed by atoms with Crippen molar-refractivity contribution in [2.45, 2.75) is 26.4 Å².